The van der Waals surface area contributed by atoms with Crippen LogP contribution in [0, 0.1) is 6.92 Å². The lowest BCUT2D eigenvalue weighted by molar-refractivity contribution is -0.117. The van der Waals surface area contributed by atoms with Crippen molar-refractivity contribution in [1.29, 1.82) is 0 Å². The Morgan fingerprint density at radius 3 is 3.00 bits per heavy atom. The number of hydrogen-bond donors (Lipinski definition) is 2. The van der Waals surface area contributed by atoms with Crippen LogP contribution >= 0.6 is 0 Å². The highest BCUT2D eigenvalue weighted by Gasteiger charge is 2.11. The summed E-state index contributed by atoms with van der Waals surface area (Å²) in [5.41, 5.74) is 7.29. The van der Waals surface area contributed by atoms with Gasteiger partial charge in [-0.15, -0.1) is 0 Å². The maximum atomic E-state index is 11.4. The van der Waals surface area contributed by atoms with Crippen LogP contribution in [0.5, 0.6) is 0 Å². The maximum Gasteiger partial charge on any atom is 0.241 e. The van der Waals surface area contributed by atoms with E-state index in [1.54, 1.807) is 12.4 Å². The van der Waals surface area contributed by atoms with Crippen LogP contribution in [0.2, 0.25) is 0 Å². The summed E-state index contributed by atoms with van der Waals surface area (Å²) >= 11 is 0. The number of amides is 1. The standard InChI is InChI=1S/C10H15N3O/c1-3-8(11)10(14)13-9-6-12-5-4-7(9)2/h4-6,8H,3,11H2,1-2H3,(H,13,14)/t8-/m0/s1. The number of nitrogens with zero attached hydrogens (tertiary/aromatic N) is 1. The first-order chi connectivity index (χ1) is 6.65. The lowest BCUT2D eigenvalue weighted by atomic mass is 10.2. The second-order valence-electron chi connectivity index (χ2n) is 3.19. The number of nitrogens with one attached hydrogen (secondary N) is 1. The molecule has 14 heavy (non-hydrogen) atoms. The zero-order valence-electron chi connectivity index (χ0n) is 8.45. The quantitative estimate of drug-likeness (QED) is 0.754. The molecule has 0 saturated carbocycles. The molecular weight excluding hydrogens is 178 g/mol. The first kappa shape index (κ1) is 10.7. The van der Waals surface area contributed by atoms with E-state index >= 15 is 0 Å². The third kappa shape index (κ3) is 2.53. The molecule has 0 bridgehead atoms. The van der Waals surface area contributed by atoms with Gasteiger partial charge in [-0.3, -0.25) is 9.78 Å². The SMILES string of the molecule is CC[C@H](N)C(=O)Nc1cnccc1C. The van der Waals surface area contributed by atoms with Crippen molar-refractivity contribution in [1.82, 2.24) is 4.98 Å². The van der Waals surface area contributed by atoms with Gasteiger partial charge in [0.25, 0.3) is 0 Å². The van der Waals surface area contributed by atoms with Crippen molar-refractivity contribution in [2.45, 2.75) is 26.3 Å². The molecule has 3 N–H and O–H groups in total. The Kier molecular flexibility index (Phi) is 3.59. The average molecular weight is 193 g/mol. The number of anilines is 1. The van der Waals surface area contributed by atoms with Crippen molar-refractivity contribution < 1.29 is 4.79 Å². The summed E-state index contributed by atoms with van der Waals surface area (Å²) in [6, 6.07) is 1.39. The van der Waals surface area contributed by atoms with E-state index in [-0.39, 0.29) is 5.91 Å². The minimum absolute atomic E-state index is 0.163. The molecule has 76 valence electrons. The van der Waals surface area contributed by atoms with E-state index in [4.69, 9.17) is 5.73 Å². The molecule has 0 aromatic carbocycles. The van der Waals surface area contributed by atoms with Crippen LogP contribution in [0.3, 0.4) is 0 Å². The van der Waals surface area contributed by atoms with Crippen molar-refractivity contribution in [2.75, 3.05) is 5.32 Å². The van der Waals surface area contributed by atoms with Crippen LogP contribution in [0.15, 0.2) is 18.5 Å². The molecule has 0 fully saturated rings. The molecule has 1 amide bonds. The van der Waals surface area contributed by atoms with E-state index in [1.165, 1.54) is 0 Å². The monoisotopic (exact) mass is 193 g/mol. The molecule has 1 rings (SSSR count). The van der Waals surface area contributed by atoms with Gasteiger partial charge in [-0.05, 0) is 25.0 Å². The number of carbonyl (C=O) groups excluding carboxylic acids is 1. The van der Waals surface area contributed by atoms with Gasteiger partial charge in [0, 0.05) is 6.20 Å². The lowest BCUT2D eigenvalue weighted by Crippen LogP contribution is -2.35. The molecule has 1 aromatic heterocycles. The number of aromatic nitrogens is 1. The summed E-state index contributed by atoms with van der Waals surface area (Å²) < 4.78 is 0. The van der Waals surface area contributed by atoms with E-state index in [9.17, 15) is 4.79 Å². The third-order valence-electron chi connectivity index (χ3n) is 2.07. The Morgan fingerprint density at radius 1 is 1.71 bits per heavy atom. The van der Waals surface area contributed by atoms with Crippen molar-refractivity contribution in [3.05, 3.63) is 24.0 Å². The first-order valence-electron chi connectivity index (χ1n) is 4.62. The lowest BCUT2D eigenvalue weighted by Gasteiger charge is -2.11. The van der Waals surface area contributed by atoms with Gasteiger partial charge in [0.1, 0.15) is 0 Å². The minimum Gasteiger partial charge on any atom is -0.323 e. The molecule has 0 spiro atoms. The third-order valence-corrected chi connectivity index (χ3v) is 2.07. The summed E-state index contributed by atoms with van der Waals surface area (Å²) in [5, 5.41) is 2.73. The molecule has 4 heteroatoms. The molecule has 1 aromatic rings. The molecule has 0 saturated heterocycles. The number of hydrogen-bond acceptors (Lipinski definition) is 3. The summed E-state index contributed by atoms with van der Waals surface area (Å²) in [7, 11) is 0. The fraction of sp³-hybridized carbons (Fsp3) is 0.400. The van der Waals surface area contributed by atoms with Gasteiger partial charge in [0.15, 0.2) is 0 Å². The Hall–Kier alpha value is -1.42. The molecule has 1 heterocycles. The van der Waals surface area contributed by atoms with Crippen LogP contribution in [-0.2, 0) is 4.79 Å². The van der Waals surface area contributed by atoms with E-state index < -0.39 is 6.04 Å². The zero-order chi connectivity index (χ0) is 10.6. The predicted molar refractivity (Wildman–Crippen MR) is 55.9 cm³/mol. The van der Waals surface area contributed by atoms with Gasteiger partial charge in [0.05, 0.1) is 17.9 Å². The number of carbonyl (C=O) groups is 1. The Labute approximate surface area is 83.5 Å². The average Bonchev–Trinajstić information content (AvgIpc) is 2.20. The Balaban J connectivity index is 2.70. The van der Waals surface area contributed by atoms with Crippen LogP contribution < -0.4 is 11.1 Å². The van der Waals surface area contributed by atoms with E-state index in [0.29, 0.717) is 6.42 Å². The molecular formula is C10H15N3O. The molecule has 4 nitrogen and oxygen atoms in total. The smallest absolute Gasteiger partial charge is 0.241 e. The van der Waals surface area contributed by atoms with Gasteiger partial charge in [0.2, 0.25) is 5.91 Å². The van der Waals surface area contributed by atoms with Crippen molar-refractivity contribution in [2.24, 2.45) is 5.73 Å². The highest BCUT2D eigenvalue weighted by atomic mass is 16.2. The summed E-state index contributed by atoms with van der Waals surface area (Å²) in [4.78, 5) is 15.4. The number of rotatable bonds is 3. The van der Waals surface area contributed by atoms with Crippen LogP contribution in [0.25, 0.3) is 0 Å². The Bertz CT molecular complexity index is 325. The van der Waals surface area contributed by atoms with Gasteiger partial charge in [-0.1, -0.05) is 6.92 Å². The highest BCUT2D eigenvalue weighted by Crippen LogP contribution is 2.11. The largest absolute Gasteiger partial charge is 0.323 e. The molecule has 0 aliphatic carbocycles. The fourth-order valence-corrected chi connectivity index (χ4v) is 1.01. The second-order valence-corrected chi connectivity index (χ2v) is 3.19. The fourth-order valence-electron chi connectivity index (χ4n) is 1.01. The van der Waals surface area contributed by atoms with E-state index in [0.717, 1.165) is 11.3 Å². The molecule has 0 radical (unpaired) electrons. The van der Waals surface area contributed by atoms with Gasteiger partial charge in [-0.2, -0.15) is 0 Å². The van der Waals surface area contributed by atoms with Crippen LogP contribution in [0.1, 0.15) is 18.9 Å². The summed E-state index contributed by atoms with van der Waals surface area (Å²) in [5.74, 6) is -0.163. The number of pyridine rings is 1. The normalized spacial score (nSPS) is 12.2. The topological polar surface area (TPSA) is 68.0 Å². The van der Waals surface area contributed by atoms with E-state index in [2.05, 4.69) is 10.3 Å². The summed E-state index contributed by atoms with van der Waals surface area (Å²) in [6.45, 7) is 3.79. The van der Waals surface area contributed by atoms with Crippen molar-refractivity contribution in [3.63, 3.8) is 0 Å². The Morgan fingerprint density at radius 2 is 2.43 bits per heavy atom. The molecule has 0 aliphatic heterocycles. The molecule has 1 atom stereocenters. The number of aryl methyl sites for hydroxylation is 1. The summed E-state index contributed by atoms with van der Waals surface area (Å²) in [6.07, 6.45) is 3.94. The zero-order valence-corrected chi connectivity index (χ0v) is 8.45. The van der Waals surface area contributed by atoms with E-state index in [1.807, 2.05) is 19.9 Å². The van der Waals surface area contributed by atoms with Gasteiger partial charge >= 0.3 is 0 Å². The molecule has 0 unspecified atom stereocenters. The first-order valence-corrected chi connectivity index (χ1v) is 4.62. The minimum atomic E-state index is -0.449. The van der Waals surface area contributed by atoms with Crippen LogP contribution in [0.4, 0.5) is 5.69 Å². The second kappa shape index (κ2) is 4.72. The number of nitrogens with two attached hydrogens (primary N) is 1. The van der Waals surface area contributed by atoms with Crippen molar-refractivity contribution in [3.8, 4) is 0 Å². The highest BCUT2D eigenvalue weighted by molar-refractivity contribution is 5.95. The maximum absolute atomic E-state index is 11.4. The van der Waals surface area contributed by atoms with Crippen molar-refractivity contribution >= 4 is 11.6 Å². The van der Waals surface area contributed by atoms with Gasteiger partial charge < -0.3 is 11.1 Å². The predicted octanol–water partition coefficient (Wildman–Crippen LogP) is 1.07. The van der Waals surface area contributed by atoms with Gasteiger partial charge in [-0.25, -0.2) is 0 Å². The molecule has 0 aliphatic rings. The van der Waals surface area contributed by atoms with Crippen LogP contribution in [-0.4, -0.2) is 16.9 Å².